The van der Waals surface area contributed by atoms with Gasteiger partial charge in [-0.15, -0.1) is 11.3 Å². The van der Waals surface area contributed by atoms with Crippen molar-refractivity contribution in [1.82, 2.24) is 14.3 Å². The third-order valence-electron chi connectivity index (χ3n) is 5.61. The Hall–Kier alpha value is -2.38. The monoisotopic (exact) mass is 412 g/mol. The van der Waals surface area contributed by atoms with Crippen LogP contribution in [-0.2, 0) is 16.0 Å². The van der Waals surface area contributed by atoms with Gasteiger partial charge in [0, 0.05) is 43.4 Å². The van der Waals surface area contributed by atoms with Gasteiger partial charge in [-0.25, -0.2) is 4.98 Å². The van der Waals surface area contributed by atoms with Crippen LogP contribution in [0.15, 0.2) is 35.8 Å². The molecule has 0 aliphatic carbocycles. The lowest BCUT2D eigenvalue weighted by Crippen LogP contribution is -2.39. The van der Waals surface area contributed by atoms with Crippen molar-refractivity contribution < 1.29 is 9.53 Å². The number of imidazole rings is 1. The minimum absolute atomic E-state index is 0.174. The molecule has 1 aromatic carbocycles. The molecule has 1 amide bonds. The fourth-order valence-electron chi connectivity index (χ4n) is 4.05. The van der Waals surface area contributed by atoms with Crippen LogP contribution in [0.25, 0.3) is 4.83 Å². The molecule has 0 radical (unpaired) electrons. The van der Waals surface area contributed by atoms with Crippen LogP contribution < -0.4 is 5.32 Å². The Morgan fingerprint density at radius 1 is 1.38 bits per heavy atom. The van der Waals surface area contributed by atoms with Gasteiger partial charge in [0.05, 0.1) is 18.7 Å². The van der Waals surface area contributed by atoms with Gasteiger partial charge in [-0.05, 0) is 30.9 Å². The van der Waals surface area contributed by atoms with Crippen LogP contribution in [0.1, 0.15) is 43.4 Å². The van der Waals surface area contributed by atoms with Crippen molar-refractivity contribution in [2.24, 2.45) is 0 Å². The van der Waals surface area contributed by atoms with E-state index in [0.717, 1.165) is 54.5 Å². The van der Waals surface area contributed by atoms with Crippen LogP contribution in [0.2, 0.25) is 0 Å². The SMILES string of the molecule is CCc1ccccc1Nc1nc(C2CCCN(C(=O)CCOC)C2)c2sccn12. The van der Waals surface area contributed by atoms with Gasteiger partial charge in [0.1, 0.15) is 4.83 Å². The number of thiazole rings is 1. The molecule has 1 aliphatic rings. The van der Waals surface area contributed by atoms with Crippen molar-refractivity contribution in [3.8, 4) is 0 Å². The van der Waals surface area contributed by atoms with Crippen molar-refractivity contribution >= 4 is 33.7 Å². The van der Waals surface area contributed by atoms with Crippen LogP contribution >= 0.6 is 11.3 Å². The summed E-state index contributed by atoms with van der Waals surface area (Å²) in [6.45, 7) is 4.20. The van der Waals surface area contributed by atoms with E-state index in [9.17, 15) is 4.79 Å². The summed E-state index contributed by atoms with van der Waals surface area (Å²) >= 11 is 1.71. The molecule has 4 rings (SSSR count). The number of para-hydroxylation sites is 1. The van der Waals surface area contributed by atoms with Gasteiger partial charge in [0.25, 0.3) is 0 Å². The van der Waals surface area contributed by atoms with Crippen LogP contribution in [0.3, 0.4) is 0 Å². The van der Waals surface area contributed by atoms with Gasteiger partial charge >= 0.3 is 0 Å². The first kappa shape index (κ1) is 19.9. The lowest BCUT2D eigenvalue weighted by atomic mass is 9.95. The zero-order chi connectivity index (χ0) is 20.2. The number of nitrogens with one attached hydrogen (secondary N) is 1. The van der Waals surface area contributed by atoms with Crippen molar-refractivity contribution in [3.05, 3.63) is 47.1 Å². The molecule has 29 heavy (non-hydrogen) atoms. The van der Waals surface area contributed by atoms with Gasteiger partial charge in [-0.2, -0.15) is 0 Å². The van der Waals surface area contributed by atoms with Gasteiger partial charge in [0.2, 0.25) is 11.9 Å². The highest BCUT2D eigenvalue weighted by atomic mass is 32.1. The molecule has 1 unspecified atom stereocenters. The molecule has 0 spiro atoms. The highest BCUT2D eigenvalue weighted by molar-refractivity contribution is 7.15. The molecule has 3 aromatic rings. The van der Waals surface area contributed by atoms with E-state index >= 15 is 0 Å². The molecule has 6 nitrogen and oxygen atoms in total. The molecule has 1 fully saturated rings. The Balaban J connectivity index is 1.58. The number of aromatic nitrogens is 2. The Kier molecular flexibility index (Phi) is 6.16. The van der Waals surface area contributed by atoms with Crippen molar-refractivity contribution in [1.29, 1.82) is 0 Å². The second-order valence-electron chi connectivity index (χ2n) is 7.46. The van der Waals surface area contributed by atoms with E-state index in [4.69, 9.17) is 9.72 Å². The summed E-state index contributed by atoms with van der Waals surface area (Å²) in [7, 11) is 1.64. The zero-order valence-electron chi connectivity index (χ0n) is 17.1. The predicted molar refractivity (Wildman–Crippen MR) is 117 cm³/mol. The number of nitrogens with zero attached hydrogens (tertiary/aromatic N) is 3. The molecular formula is C22H28N4O2S. The first-order valence-electron chi connectivity index (χ1n) is 10.3. The number of likely N-dealkylation sites (tertiary alicyclic amines) is 1. The van der Waals surface area contributed by atoms with E-state index in [0.29, 0.717) is 13.0 Å². The van der Waals surface area contributed by atoms with Crippen LogP contribution in [0.4, 0.5) is 11.6 Å². The Morgan fingerprint density at radius 2 is 2.24 bits per heavy atom. The summed E-state index contributed by atoms with van der Waals surface area (Å²) in [5.74, 6) is 1.29. The van der Waals surface area contributed by atoms with E-state index < -0.39 is 0 Å². The third kappa shape index (κ3) is 4.16. The summed E-state index contributed by atoms with van der Waals surface area (Å²) in [6, 6.07) is 8.36. The standard InChI is InChI=1S/C22H28N4O2S/c1-3-16-7-4-5-9-18(16)23-22-24-20(21-26(22)12-14-29-21)17-8-6-11-25(15-17)19(27)10-13-28-2/h4-5,7,9,12,14,17H,3,6,8,10-11,13,15H2,1-2H3,(H,23,24). The van der Waals surface area contributed by atoms with Crippen LogP contribution in [-0.4, -0.2) is 47.0 Å². The maximum atomic E-state index is 12.5. The number of benzene rings is 1. The minimum atomic E-state index is 0.174. The van der Waals surface area contributed by atoms with E-state index in [1.54, 1.807) is 18.4 Å². The van der Waals surface area contributed by atoms with Crippen molar-refractivity contribution in [2.45, 2.75) is 38.5 Å². The first-order chi connectivity index (χ1) is 14.2. The second kappa shape index (κ2) is 8.97. The average molecular weight is 413 g/mol. The Labute approximate surface area is 175 Å². The fourth-order valence-corrected chi connectivity index (χ4v) is 4.95. The molecule has 2 aromatic heterocycles. The largest absolute Gasteiger partial charge is 0.384 e. The molecule has 3 heterocycles. The number of methoxy groups -OCH3 is 1. The first-order valence-corrected chi connectivity index (χ1v) is 11.2. The number of fused-ring (bicyclic) bond motifs is 1. The average Bonchev–Trinajstić information content (AvgIpc) is 3.36. The smallest absolute Gasteiger partial charge is 0.224 e. The number of hydrogen-bond acceptors (Lipinski definition) is 5. The number of carbonyl (C=O) groups is 1. The van der Waals surface area contributed by atoms with E-state index in [2.05, 4.69) is 46.4 Å². The summed E-state index contributed by atoms with van der Waals surface area (Å²) in [6.07, 6.45) is 5.55. The molecule has 1 N–H and O–H groups in total. The number of aryl methyl sites for hydroxylation is 1. The number of rotatable bonds is 7. The lowest BCUT2D eigenvalue weighted by Gasteiger charge is -2.32. The van der Waals surface area contributed by atoms with Gasteiger partial charge in [-0.1, -0.05) is 25.1 Å². The maximum Gasteiger partial charge on any atom is 0.224 e. The fraction of sp³-hybridized carbons (Fsp3) is 0.455. The van der Waals surface area contributed by atoms with Gasteiger partial charge < -0.3 is 15.0 Å². The molecular weight excluding hydrogens is 384 g/mol. The molecule has 154 valence electrons. The molecule has 1 atom stereocenters. The van der Waals surface area contributed by atoms with Gasteiger partial charge in [-0.3, -0.25) is 9.20 Å². The molecule has 1 saturated heterocycles. The second-order valence-corrected chi connectivity index (χ2v) is 8.35. The topological polar surface area (TPSA) is 58.9 Å². The lowest BCUT2D eigenvalue weighted by molar-refractivity contribution is -0.133. The summed E-state index contributed by atoms with van der Waals surface area (Å²) in [4.78, 5) is 20.6. The number of carbonyl (C=O) groups excluding carboxylic acids is 1. The quantitative estimate of drug-likeness (QED) is 0.623. The summed E-state index contributed by atoms with van der Waals surface area (Å²) in [5, 5.41) is 5.63. The molecule has 0 bridgehead atoms. The summed E-state index contributed by atoms with van der Waals surface area (Å²) < 4.78 is 7.21. The number of hydrogen-bond donors (Lipinski definition) is 1. The highest BCUT2D eigenvalue weighted by Gasteiger charge is 2.28. The highest BCUT2D eigenvalue weighted by Crippen LogP contribution is 2.34. The van der Waals surface area contributed by atoms with E-state index in [-0.39, 0.29) is 11.8 Å². The molecule has 7 heteroatoms. The number of anilines is 2. The van der Waals surface area contributed by atoms with E-state index in [1.807, 2.05) is 11.0 Å². The van der Waals surface area contributed by atoms with Crippen LogP contribution in [0.5, 0.6) is 0 Å². The normalized spacial score (nSPS) is 17.0. The molecule has 0 saturated carbocycles. The predicted octanol–water partition coefficient (Wildman–Crippen LogP) is 4.44. The van der Waals surface area contributed by atoms with Crippen molar-refractivity contribution in [3.63, 3.8) is 0 Å². The Morgan fingerprint density at radius 3 is 3.07 bits per heavy atom. The van der Waals surface area contributed by atoms with E-state index in [1.165, 1.54) is 5.56 Å². The van der Waals surface area contributed by atoms with Gasteiger partial charge in [0.15, 0.2) is 0 Å². The molecule has 1 aliphatic heterocycles. The summed E-state index contributed by atoms with van der Waals surface area (Å²) in [5.41, 5.74) is 3.47. The number of amides is 1. The van der Waals surface area contributed by atoms with Crippen molar-refractivity contribution in [2.75, 3.05) is 32.1 Å². The zero-order valence-corrected chi connectivity index (χ0v) is 17.9. The minimum Gasteiger partial charge on any atom is -0.384 e. The van der Waals surface area contributed by atoms with Crippen LogP contribution in [0, 0.1) is 0 Å². The third-order valence-corrected chi connectivity index (χ3v) is 6.49. The maximum absolute atomic E-state index is 12.5. The number of ether oxygens (including phenoxy) is 1. The number of piperidine rings is 1. The Bertz CT molecular complexity index is 980.